The summed E-state index contributed by atoms with van der Waals surface area (Å²) in [6.07, 6.45) is 0. The summed E-state index contributed by atoms with van der Waals surface area (Å²) in [5, 5.41) is 20.5. The van der Waals surface area contributed by atoms with Gasteiger partial charge in [0.25, 0.3) is 5.91 Å². The molecule has 0 unspecified atom stereocenters. The van der Waals surface area contributed by atoms with Crippen molar-refractivity contribution in [2.45, 2.75) is 6.92 Å². The van der Waals surface area contributed by atoms with Crippen LogP contribution >= 0.6 is 34.8 Å². The first-order valence-electron chi connectivity index (χ1n) is 8.96. The molecule has 2 aromatic heterocycles. The first-order valence-corrected chi connectivity index (χ1v) is 10.1. The van der Waals surface area contributed by atoms with Gasteiger partial charge in [0.1, 0.15) is 5.69 Å². The van der Waals surface area contributed by atoms with Gasteiger partial charge in [-0.25, -0.2) is 10.1 Å². The van der Waals surface area contributed by atoms with Gasteiger partial charge in [0, 0.05) is 5.56 Å². The molecule has 4 aromatic rings. The second kappa shape index (κ2) is 8.95. The first kappa shape index (κ1) is 21.8. The second-order valence-corrected chi connectivity index (χ2v) is 7.64. The molecule has 0 fully saturated rings. The fraction of sp³-hybridized carbons (Fsp3) is 0.0526. The van der Waals surface area contributed by atoms with E-state index in [-0.39, 0.29) is 23.0 Å². The van der Waals surface area contributed by atoms with Crippen molar-refractivity contribution < 1.29 is 9.42 Å². The van der Waals surface area contributed by atoms with Gasteiger partial charge < -0.3 is 5.73 Å². The molecule has 0 saturated carbocycles. The van der Waals surface area contributed by atoms with Gasteiger partial charge in [-0.1, -0.05) is 64.3 Å². The SMILES string of the molecule is CC(=NNC(=O)c1nnn(-c2nonc2N)c1-c1ccccc1Cl)c1ccc(Cl)c(Cl)c1. The third-order valence-electron chi connectivity index (χ3n) is 4.37. The van der Waals surface area contributed by atoms with Gasteiger partial charge in [0.05, 0.1) is 20.8 Å². The summed E-state index contributed by atoms with van der Waals surface area (Å²) in [6, 6.07) is 11.9. The molecule has 2 aromatic carbocycles. The maximum atomic E-state index is 13.0. The summed E-state index contributed by atoms with van der Waals surface area (Å²) in [7, 11) is 0. The van der Waals surface area contributed by atoms with Crippen molar-refractivity contribution in [3.8, 4) is 17.1 Å². The maximum Gasteiger partial charge on any atom is 0.294 e. The fourth-order valence-corrected chi connectivity index (χ4v) is 3.31. The van der Waals surface area contributed by atoms with Gasteiger partial charge in [0.15, 0.2) is 5.69 Å². The van der Waals surface area contributed by atoms with Crippen molar-refractivity contribution in [1.29, 1.82) is 0 Å². The lowest BCUT2D eigenvalue weighted by Crippen LogP contribution is -2.21. The molecule has 32 heavy (non-hydrogen) atoms. The Hall–Kier alpha value is -3.47. The predicted molar refractivity (Wildman–Crippen MR) is 120 cm³/mol. The number of amides is 1. The molecule has 10 nitrogen and oxygen atoms in total. The van der Waals surface area contributed by atoms with Crippen LogP contribution in [0.5, 0.6) is 0 Å². The highest BCUT2D eigenvalue weighted by Gasteiger charge is 2.26. The number of carbonyl (C=O) groups is 1. The normalized spacial score (nSPS) is 11.6. The van der Waals surface area contributed by atoms with E-state index in [0.29, 0.717) is 31.9 Å². The highest BCUT2D eigenvalue weighted by molar-refractivity contribution is 6.42. The van der Waals surface area contributed by atoms with E-state index >= 15 is 0 Å². The van der Waals surface area contributed by atoms with Gasteiger partial charge in [-0.15, -0.1) is 5.10 Å². The summed E-state index contributed by atoms with van der Waals surface area (Å²) < 4.78 is 5.87. The molecule has 0 spiro atoms. The third kappa shape index (κ3) is 4.15. The number of hydrogen-bond acceptors (Lipinski definition) is 8. The number of nitrogens with zero attached hydrogens (tertiary/aromatic N) is 6. The third-order valence-corrected chi connectivity index (χ3v) is 5.44. The van der Waals surface area contributed by atoms with Crippen LogP contribution in [0.2, 0.25) is 15.1 Å². The molecule has 0 aliphatic rings. The summed E-state index contributed by atoms with van der Waals surface area (Å²) in [4.78, 5) is 13.0. The van der Waals surface area contributed by atoms with E-state index in [2.05, 4.69) is 35.8 Å². The highest BCUT2D eigenvalue weighted by atomic mass is 35.5. The van der Waals surface area contributed by atoms with Crippen LogP contribution in [0.15, 0.2) is 52.2 Å². The zero-order chi connectivity index (χ0) is 22.8. The Morgan fingerprint density at radius 2 is 1.88 bits per heavy atom. The number of halogens is 3. The lowest BCUT2D eigenvalue weighted by atomic mass is 10.1. The predicted octanol–water partition coefficient (Wildman–Crippen LogP) is 4.01. The van der Waals surface area contributed by atoms with E-state index in [1.54, 1.807) is 49.4 Å². The number of nitrogens with two attached hydrogens (primary N) is 1. The van der Waals surface area contributed by atoms with Crippen molar-refractivity contribution in [2.75, 3.05) is 5.73 Å². The summed E-state index contributed by atoms with van der Waals surface area (Å²) in [5.74, 6) is -0.619. The Kier molecular flexibility index (Phi) is 6.08. The molecule has 0 atom stereocenters. The fourth-order valence-electron chi connectivity index (χ4n) is 2.79. The monoisotopic (exact) mass is 490 g/mol. The number of rotatable bonds is 5. The molecule has 3 N–H and O–H groups in total. The first-order chi connectivity index (χ1) is 15.4. The average Bonchev–Trinajstić information content (AvgIpc) is 3.40. The highest BCUT2D eigenvalue weighted by Crippen LogP contribution is 2.31. The zero-order valence-corrected chi connectivity index (χ0v) is 18.5. The summed E-state index contributed by atoms with van der Waals surface area (Å²) >= 11 is 18.3. The zero-order valence-electron chi connectivity index (χ0n) is 16.3. The van der Waals surface area contributed by atoms with Crippen LogP contribution < -0.4 is 11.2 Å². The van der Waals surface area contributed by atoms with Gasteiger partial charge in [-0.05, 0) is 41.0 Å². The minimum Gasteiger partial charge on any atom is -0.378 e. The van der Waals surface area contributed by atoms with E-state index in [0.717, 1.165) is 0 Å². The largest absolute Gasteiger partial charge is 0.378 e. The molecule has 1 amide bonds. The van der Waals surface area contributed by atoms with E-state index < -0.39 is 5.91 Å². The molecule has 0 radical (unpaired) electrons. The molecule has 4 rings (SSSR count). The van der Waals surface area contributed by atoms with E-state index in [9.17, 15) is 4.79 Å². The average molecular weight is 492 g/mol. The summed E-state index contributed by atoms with van der Waals surface area (Å²) in [5.41, 5.74) is 10.1. The molecule has 0 aliphatic heterocycles. The van der Waals surface area contributed by atoms with Gasteiger partial charge >= 0.3 is 0 Å². The van der Waals surface area contributed by atoms with E-state index in [4.69, 9.17) is 40.5 Å². The van der Waals surface area contributed by atoms with Crippen LogP contribution in [0.1, 0.15) is 23.0 Å². The van der Waals surface area contributed by atoms with Crippen molar-refractivity contribution in [2.24, 2.45) is 5.10 Å². The Bertz CT molecular complexity index is 1350. The molecular formula is C19H13Cl3N8O2. The molecule has 0 aliphatic carbocycles. The van der Waals surface area contributed by atoms with Crippen LogP contribution in [-0.2, 0) is 0 Å². The minimum absolute atomic E-state index is 0.0383. The lowest BCUT2D eigenvalue weighted by molar-refractivity contribution is 0.0950. The number of nitrogens with one attached hydrogen (secondary N) is 1. The standard InChI is InChI=1S/C19H13Cl3N8O2/c1-9(10-6-7-13(21)14(22)8-10)24-26-19(31)15-16(11-4-2-3-5-12(11)20)30(29-25-15)18-17(23)27-32-28-18/h2-8H,1H3,(H2,23,27)(H,26,31). The molecular weight excluding hydrogens is 479 g/mol. The van der Waals surface area contributed by atoms with Gasteiger partial charge in [0.2, 0.25) is 11.6 Å². The Morgan fingerprint density at radius 3 is 2.56 bits per heavy atom. The van der Waals surface area contributed by atoms with E-state index in [1.807, 2.05) is 0 Å². The van der Waals surface area contributed by atoms with Crippen LogP contribution in [0.3, 0.4) is 0 Å². The smallest absolute Gasteiger partial charge is 0.294 e. The number of hydrogen-bond donors (Lipinski definition) is 2. The Balaban J connectivity index is 1.72. The lowest BCUT2D eigenvalue weighted by Gasteiger charge is -2.08. The number of hydrazone groups is 1. The van der Waals surface area contributed by atoms with Crippen LogP contribution in [0.4, 0.5) is 5.82 Å². The molecule has 13 heteroatoms. The topological polar surface area (TPSA) is 137 Å². The van der Waals surface area contributed by atoms with Crippen molar-refractivity contribution in [3.05, 3.63) is 68.8 Å². The Morgan fingerprint density at radius 1 is 1.09 bits per heavy atom. The van der Waals surface area contributed by atoms with Crippen molar-refractivity contribution in [1.82, 2.24) is 30.7 Å². The minimum atomic E-state index is -0.638. The maximum absolute atomic E-state index is 13.0. The molecule has 0 saturated heterocycles. The quantitative estimate of drug-likeness (QED) is 0.318. The van der Waals surface area contributed by atoms with Crippen LogP contribution in [-0.4, -0.2) is 36.9 Å². The number of nitrogen functional groups attached to an aromatic ring is 1. The molecule has 0 bridgehead atoms. The van der Waals surface area contributed by atoms with E-state index in [1.165, 1.54) is 4.68 Å². The molecule has 2 heterocycles. The Labute approximate surface area is 195 Å². The van der Waals surface area contributed by atoms with Crippen LogP contribution in [0.25, 0.3) is 17.1 Å². The van der Waals surface area contributed by atoms with Gasteiger partial charge in [-0.3, -0.25) is 4.79 Å². The number of aromatic nitrogens is 5. The van der Waals surface area contributed by atoms with Crippen molar-refractivity contribution >= 4 is 52.2 Å². The molecule has 162 valence electrons. The number of benzene rings is 2. The second-order valence-electron chi connectivity index (χ2n) is 6.42. The number of carbonyl (C=O) groups excluding carboxylic acids is 1. The van der Waals surface area contributed by atoms with Gasteiger partial charge in [-0.2, -0.15) is 9.78 Å². The number of anilines is 1. The van der Waals surface area contributed by atoms with Crippen LogP contribution in [0, 0.1) is 0 Å². The van der Waals surface area contributed by atoms with Crippen molar-refractivity contribution in [3.63, 3.8) is 0 Å². The summed E-state index contributed by atoms with van der Waals surface area (Å²) in [6.45, 7) is 1.70.